The predicted octanol–water partition coefficient (Wildman–Crippen LogP) is 1.57. The van der Waals surface area contributed by atoms with E-state index < -0.39 is 23.2 Å². The average molecular weight is 357 g/mol. The first-order valence-electron chi connectivity index (χ1n) is 8.26. The van der Waals surface area contributed by atoms with Crippen LogP contribution in [0.15, 0.2) is 17.1 Å². The summed E-state index contributed by atoms with van der Waals surface area (Å²) in [6.07, 6.45) is 4.59. The molecule has 8 heteroatoms. The number of fused-ring (bicyclic) bond motifs is 4. The van der Waals surface area contributed by atoms with Gasteiger partial charge in [-0.05, 0) is 19.8 Å². The number of hydrogen-bond donors (Lipinski definition) is 1. The Balaban J connectivity index is 1.75. The van der Waals surface area contributed by atoms with E-state index in [4.69, 9.17) is 25.8 Å². The molecule has 7 nitrogen and oxygen atoms in total. The molecule has 0 aromatic carbocycles. The van der Waals surface area contributed by atoms with Crippen LogP contribution in [0.2, 0.25) is 0 Å². The maximum absolute atomic E-state index is 11.6. The summed E-state index contributed by atoms with van der Waals surface area (Å²) in [5, 5.41) is 10.7. The fourth-order valence-electron chi connectivity index (χ4n) is 4.11. The van der Waals surface area contributed by atoms with Gasteiger partial charge in [-0.2, -0.15) is 4.98 Å². The monoisotopic (exact) mass is 356 g/mol. The van der Waals surface area contributed by atoms with Crippen LogP contribution in [0.25, 0.3) is 0 Å². The van der Waals surface area contributed by atoms with E-state index in [0.29, 0.717) is 19.3 Å². The number of hydrogen-bond acceptors (Lipinski definition) is 6. The summed E-state index contributed by atoms with van der Waals surface area (Å²) in [7, 11) is 0. The van der Waals surface area contributed by atoms with Crippen molar-refractivity contribution < 1.29 is 19.3 Å². The van der Waals surface area contributed by atoms with Crippen LogP contribution in [-0.2, 0) is 9.47 Å². The van der Waals surface area contributed by atoms with Gasteiger partial charge in [-0.25, -0.2) is 0 Å². The lowest BCUT2D eigenvalue weighted by atomic mass is 9.91. The highest BCUT2D eigenvalue weighted by atomic mass is 35.5. The van der Waals surface area contributed by atoms with Crippen LogP contribution in [-0.4, -0.2) is 44.1 Å². The molecule has 2 aliphatic heterocycles. The lowest BCUT2D eigenvalue weighted by Crippen LogP contribution is -2.47. The number of aromatic nitrogens is 2. The summed E-state index contributed by atoms with van der Waals surface area (Å²) < 4.78 is 19.8. The summed E-state index contributed by atoms with van der Waals surface area (Å²) in [6, 6.07) is 1.54. The molecule has 0 unspecified atom stereocenters. The highest BCUT2D eigenvalue weighted by molar-refractivity contribution is 6.18. The van der Waals surface area contributed by atoms with Crippen molar-refractivity contribution in [3.8, 4) is 6.01 Å². The number of rotatable bonds is 3. The van der Waals surface area contributed by atoms with Crippen molar-refractivity contribution in [2.24, 2.45) is 0 Å². The van der Waals surface area contributed by atoms with Gasteiger partial charge in [0, 0.05) is 31.5 Å². The molecule has 2 fully saturated rings. The van der Waals surface area contributed by atoms with E-state index in [-0.39, 0.29) is 24.1 Å². The minimum Gasteiger partial charge on any atom is -0.461 e. The van der Waals surface area contributed by atoms with E-state index >= 15 is 0 Å². The molecule has 1 saturated carbocycles. The second kappa shape index (κ2) is 5.42. The molecule has 24 heavy (non-hydrogen) atoms. The largest absolute Gasteiger partial charge is 0.461 e. The standard InChI is InChI=1S/C16H21ClN2O5/c1-14(24-16(21)5-2-3-6-16)8-15(9-17)10-22-13-18-11(20)4-7-19(13)12(14)23-15/h4,7,12,21H,2-3,5-6,8-10H2,1H3/t12-,14-,15-/m1/s1. The molecule has 132 valence electrons. The molecule has 1 aromatic heterocycles. The van der Waals surface area contributed by atoms with E-state index in [0.717, 1.165) is 12.8 Å². The van der Waals surface area contributed by atoms with Gasteiger partial charge in [-0.15, -0.1) is 11.6 Å². The van der Waals surface area contributed by atoms with Crippen LogP contribution in [0, 0.1) is 0 Å². The first kappa shape index (κ1) is 16.3. The first-order valence-corrected chi connectivity index (χ1v) is 8.79. The Morgan fingerprint density at radius 2 is 2.25 bits per heavy atom. The van der Waals surface area contributed by atoms with Crippen molar-refractivity contribution in [3.63, 3.8) is 0 Å². The second-order valence-corrected chi connectivity index (χ2v) is 7.54. The van der Waals surface area contributed by atoms with Crippen molar-refractivity contribution in [1.29, 1.82) is 0 Å². The summed E-state index contributed by atoms with van der Waals surface area (Å²) in [4.78, 5) is 15.5. The molecule has 3 aliphatic rings. The fourth-order valence-corrected chi connectivity index (χ4v) is 4.35. The van der Waals surface area contributed by atoms with Crippen molar-refractivity contribution in [3.05, 3.63) is 22.6 Å². The van der Waals surface area contributed by atoms with Crippen molar-refractivity contribution >= 4 is 11.6 Å². The Morgan fingerprint density at radius 1 is 1.50 bits per heavy atom. The molecule has 0 amide bonds. The summed E-state index contributed by atoms with van der Waals surface area (Å²) in [5.41, 5.74) is -1.92. The predicted molar refractivity (Wildman–Crippen MR) is 85.1 cm³/mol. The van der Waals surface area contributed by atoms with Gasteiger partial charge < -0.3 is 19.3 Å². The molecule has 2 bridgehead atoms. The van der Waals surface area contributed by atoms with E-state index in [1.807, 2.05) is 6.92 Å². The molecule has 3 atom stereocenters. The van der Waals surface area contributed by atoms with Crippen LogP contribution >= 0.6 is 11.6 Å². The van der Waals surface area contributed by atoms with Crippen molar-refractivity contribution in [2.75, 3.05) is 12.5 Å². The van der Waals surface area contributed by atoms with Gasteiger partial charge >= 0.3 is 6.01 Å². The number of halogens is 1. The average Bonchev–Trinajstić information content (AvgIpc) is 3.02. The van der Waals surface area contributed by atoms with E-state index in [2.05, 4.69) is 4.98 Å². The third-order valence-corrected chi connectivity index (χ3v) is 5.62. The SMILES string of the molecule is C[C@@]1(OC2(O)CCCC2)C[C@@]2(CCl)COc3nc(=O)ccn3[C@@H]1O2. The molecule has 1 aliphatic carbocycles. The zero-order valence-electron chi connectivity index (χ0n) is 13.5. The fraction of sp³-hybridized carbons (Fsp3) is 0.750. The highest BCUT2D eigenvalue weighted by Crippen LogP contribution is 2.52. The maximum Gasteiger partial charge on any atom is 0.302 e. The maximum atomic E-state index is 11.6. The normalized spacial score (nSPS) is 36.9. The van der Waals surface area contributed by atoms with Crippen molar-refractivity contribution in [2.45, 2.75) is 62.2 Å². The van der Waals surface area contributed by atoms with Gasteiger partial charge in [0.1, 0.15) is 17.8 Å². The topological polar surface area (TPSA) is 82.8 Å². The third-order valence-electron chi connectivity index (χ3n) is 5.13. The Bertz CT molecular complexity index is 704. The Hall–Kier alpha value is -1.15. The first-order chi connectivity index (χ1) is 11.4. The van der Waals surface area contributed by atoms with Crippen molar-refractivity contribution in [1.82, 2.24) is 9.55 Å². The summed E-state index contributed by atoms with van der Waals surface area (Å²) in [5.74, 6) is -0.926. The molecular formula is C16H21ClN2O5. The molecule has 0 radical (unpaired) electrons. The molecular weight excluding hydrogens is 336 g/mol. The van der Waals surface area contributed by atoms with E-state index in [1.54, 1.807) is 10.8 Å². The highest BCUT2D eigenvalue weighted by Gasteiger charge is 2.59. The number of nitrogens with zero attached hydrogens (tertiary/aromatic N) is 2. The Morgan fingerprint density at radius 3 is 2.96 bits per heavy atom. The van der Waals surface area contributed by atoms with Gasteiger partial charge in [0.15, 0.2) is 12.0 Å². The quantitative estimate of drug-likeness (QED) is 0.654. The van der Waals surface area contributed by atoms with Gasteiger partial charge in [0.05, 0.1) is 5.88 Å². The number of ether oxygens (including phenoxy) is 3. The zero-order chi connectivity index (χ0) is 17.0. The third kappa shape index (κ3) is 2.54. The molecule has 1 aromatic rings. The van der Waals surface area contributed by atoms with Crippen LogP contribution in [0.1, 0.15) is 45.3 Å². The molecule has 3 heterocycles. The lowest BCUT2D eigenvalue weighted by Gasteiger charge is -2.38. The van der Waals surface area contributed by atoms with Crippen LogP contribution in [0.5, 0.6) is 6.01 Å². The lowest BCUT2D eigenvalue weighted by molar-refractivity contribution is -0.276. The van der Waals surface area contributed by atoms with Crippen LogP contribution in [0.3, 0.4) is 0 Å². The zero-order valence-corrected chi connectivity index (χ0v) is 14.3. The van der Waals surface area contributed by atoms with Gasteiger partial charge in [0.25, 0.3) is 5.56 Å². The second-order valence-electron chi connectivity index (χ2n) is 7.28. The number of alkyl halides is 1. The smallest absolute Gasteiger partial charge is 0.302 e. The number of aliphatic hydroxyl groups is 1. The minimum absolute atomic E-state index is 0.181. The van der Waals surface area contributed by atoms with Gasteiger partial charge in [0.2, 0.25) is 0 Å². The molecule has 4 rings (SSSR count). The van der Waals surface area contributed by atoms with E-state index in [1.165, 1.54) is 6.07 Å². The van der Waals surface area contributed by atoms with Crippen LogP contribution < -0.4 is 10.3 Å². The van der Waals surface area contributed by atoms with Crippen LogP contribution in [0.4, 0.5) is 0 Å². The molecule has 1 saturated heterocycles. The Kier molecular flexibility index (Phi) is 3.69. The molecule has 1 N–H and O–H groups in total. The Labute approximate surface area is 144 Å². The summed E-state index contributed by atoms with van der Waals surface area (Å²) in [6.45, 7) is 2.09. The van der Waals surface area contributed by atoms with Gasteiger partial charge in [-0.1, -0.05) is 0 Å². The van der Waals surface area contributed by atoms with Gasteiger partial charge in [-0.3, -0.25) is 9.36 Å². The summed E-state index contributed by atoms with van der Waals surface area (Å²) >= 11 is 6.17. The molecule has 0 spiro atoms. The minimum atomic E-state index is -1.15. The van der Waals surface area contributed by atoms with E-state index in [9.17, 15) is 9.90 Å².